The summed E-state index contributed by atoms with van der Waals surface area (Å²) < 4.78 is 26.9. The summed E-state index contributed by atoms with van der Waals surface area (Å²) in [7, 11) is 3.27. The Labute approximate surface area is 171 Å². The van der Waals surface area contributed by atoms with E-state index < -0.39 is 0 Å². The van der Waals surface area contributed by atoms with Gasteiger partial charge in [0.15, 0.2) is 11.5 Å². The van der Waals surface area contributed by atoms with E-state index in [9.17, 15) is 4.39 Å². The van der Waals surface area contributed by atoms with Gasteiger partial charge in [-0.05, 0) is 64.2 Å². The SMILES string of the molecule is COc1cc2c(cc1OC)-c1c(Br)nc(N=Cc3ccc(F)cc3)n1CCC2. The summed E-state index contributed by atoms with van der Waals surface area (Å²) in [5.41, 5.74) is 4.03. The summed E-state index contributed by atoms with van der Waals surface area (Å²) in [4.78, 5) is 9.15. The molecule has 7 heteroatoms. The van der Waals surface area contributed by atoms with Crippen LogP contribution in [0.15, 0.2) is 46.0 Å². The molecule has 4 rings (SSSR count). The van der Waals surface area contributed by atoms with Crippen LogP contribution in [0.1, 0.15) is 17.5 Å². The van der Waals surface area contributed by atoms with Gasteiger partial charge in [0.1, 0.15) is 10.4 Å². The average molecular weight is 444 g/mol. The topological polar surface area (TPSA) is 48.6 Å². The maximum Gasteiger partial charge on any atom is 0.231 e. The third-order valence-electron chi connectivity index (χ3n) is 4.80. The molecule has 3 aromatic rings. The van der Waals surface area contributed by atoms with Gasteiger partial charge in [0.05, 0.1) is 19.9 Å². The molecule has 1 aromatic heterocycles. The first-order chi connectivity index (χ1) is 13.6. The number of hydrogen-bond donors (Lipinski definition) is 0. The Bertz CT molecular complexity index is 1040. The van der Waals surface area contributed by atoms with Crippen molar-refractivity contribution in [2.75, 3.05) is 14.2 Å². The summed E-state index contributed by atoms with van der Waals surface area (Å²) in [5, 5.41) is 0. The first-order valence-corrected chi connectivity index (χ1v) is 9.71. The van der Waals surface area contributed by atoms with E-state index in [1.165, 1.54) is 17.7 Å². The third-order valence-corrected chi connectivity index (χ3v) is 5.35. The molecule has 0 fully saturated rings. The average Bonchev–Trinajstić information content (AvgIpc) is 2.90. The highest BCUT2D eigenvalue weighted by Gasteiger charge is 2.24. The fourth-order valence-electron chi connectivity index (χ4n) is 3.44. The van der Waals surface area contributed by atoms with Crippen LogP contribution in [-0.4, -0.2) is 30.0 Å². The largest absolute Gasteiger partial charge is 0.493 e. The maximum atomic E-state index is 13.1. The van der Waals surface area contributed by atoms with Crippen molar-refractivity contribution in [2.24, 2.45) is 4.99 Å². The molecular formula is C21H19BrFN3O2. The molecule has 0 bridgehead atoms. The number of ether oxygens (including phenoxy) is 2. The monoisotopic (exact) mass is 443 g/mol. The van der Waals surface area contributed by atoms with Gasteiger partial charge in [-0.2, -0.15) is 0 Å². The lowest BCUT2D eigenvalue weighted by molar-refractivity contribution is 0.354. The zero-order chi connectivity index (χ0) is 19.7. The van der Waals surface area contributed by atoms with Crippen LogP contribution in [0.3, 0.4) is 0 Å². The molecule has 144 valence electrons. The number of aliphatic imine (C=N–C) groups is 1. The Morgan fingerprint density at radius 3 is 2.57 bits per heavy atom. The number of nitrogens with zero attached hydrogens (tertiary/aromatic N) is 3. The van der Waals surface area contributed by atoms with Crippen LogP contribution in [0.2, 0.25) is 0 Å². The molecule has 0 saturated heterocycles. The molecule has 2 heterocycles. The second-order valence-electron chi connectivity index (χ2n) is 6.48. The molecule has 0 radical (unpaired) electrons. The van der Waals surface area contributed by atoms with Gasteiger partial charge in [0, 0.05) is 18.3 Å². The molecule has 28 heavy (non-hydrogen) atoms. The Hall–Kier alpha value is -2.67. The fraction of sp³-hybridized carbons (Fsp3) is 0.238. The molecule has 0 amide bonds. The number of benzene rings is 2. The van der Waals surface area contributed by atoms with Crippen molar-refractivity contribution in [3.05, 3.63) is 57.9 Å². The predicted molar refractivity (Wildman–Crippen MR) is 110 cm³/mol. The standard InChI is InChI=1S/C21H19BrFN3O2/c1-27-17-10-14-4-3-9-26-19(16(14)11-18(17)28-2)20(22)25-21(26)24-12-13-5-7-15(23)8-6-13/h5-8,10-12H,3-4,9H2,1-2H3. The number of hydrogen-bond acceptors (Lipinski definition) is 4. The van der Waals surface area contributed by atoms with E-state index in [0.29, 0.717) is 11.7 Å². The van der Waals surface area contributed by atoms with Gasteiger partial charge in [-0.25, -0.2) is 14.4 Å². The van der Waals surface area contributed by atoms with Crippen molar-refractivity contribution in [1.29, 1.82) is 0 Å². The molecule has 1 aliphatic rings. The minimum absolute atomic E-state index is 0.268. The lowest BCUT2D eigenvalue weighted by Crippen LogP contribution is -1.98. The summed E-state index contributed by atoms with van der Waals surface area (Å²) in [6.45, 7) is 0.795. The van der Waals surface area contributed by atoms with Gasteiger partial charge in [0.25, 0.3) is 0 Å². The van der Waals surface area contributed by atoms with Crippen LogP contribution in [-0.2, 0) is 13.0 Å². The second-order valence-corrected chi connectivity index (χ2v) is 7.23. The quantitative estimate of drug-likeness (QED) is 0.522. The van der Waals surface area contributed by atoms with Crippen molar-refractivity contribution in [2.45, 2.75) is 19.4 Å². The van der Waals surface area contributed by atoms with Gasteiger partial charge in [-0.3, -0.25) is 0 Å². The Balaban J connectivity index is 1.79. The number of aromatic nitrogens is 2. The molecule has 0 unspecified atom stereocenters. The third kappa shape index (κ3) is 3.42. The number of fused-ring (bicyclic) bond motifs is 3. The van der Waals surface area contributed by atoms with E-state index in [0.717, 1.165) is 46.6 Å². The second kappa shape index (κ2) is 7.75. The van der Waals surface area contributed by atoms with Gasteiger partial charge >= 0.3 is 0 Å². The van der Waals surface area contributed by atoms with E-state index in [-0.39, 0.29) is 5.82 Å². The smallest absolute Gasteiger partial charge is 0.231 e. The molecule has 1 aliphatic heterocycles. The summed E-state index contributed by atoms with van der Waals surface area (Å²) >= 11 is 3.60. The van der Waals surface area contributed by atoms with Crippen LogP contribution < -0.4 is 9.47 Å². The van der Waals surface area contributed by atoms with Crippen molar-refractivity contribution >= 4 is 28.1 Å². The molecule has 0 aliphatic carbocycles. The van der Waals surface area contributed by atoms with Crippen LogP contribution in [0.5, 0.6) is 11.5 Å². The molecule has 0 saturated carbocycles. The zero-order valence-electron chi connectivity index (χ0n) is 15.6. The Morgan fingerprint density at radius 2 is 1.86 bits per heavy atom. The van der Waals surface area contributed by atoms with Gasteiger partial charge in [-0.1, -0.05) is 12.1 Å². The number of aryl methyl sites for hydroxylation is 1. The number of halogens is 2. The molecular weight excluding hydrogens is 425 g/mol. The Morgan fingerprint density at radius 1 is 1.14 bits per heavy atom. The van der Waals surface area contributed by atoms with Crippen LogP contribution in [0.25, 0.3) is 11.3 Å². The summed E-state index contributed by atoms with van der Waals surface area (Å²) in [5.74, 6) is 1.74. The normalized spacial score (nSPS) is 13.1. The first kappa shape index (κ1) is 18.7. The van der Waals surface area contributed by atoms with Crippen LogP contribution in [0, 0.1) is 5.82 Å². The highest BCUT2D eigenvalue weighted by Crippen LogP contribution is 2.42. The summed E-state index contributed by atoms with van der Waals surface area (Å²) in [6, 6.07) is 10.2. The predicted octanol–water partition coefficient (Wildman–Crippen LogP) is 5.17. The molecule has 2 aromatic carbocycles. The highest BCUT2D eigenvalue weighted by atomic mass is 79.9. The van der Waals surface area contributed by atoms with Crippen molar-refractivity contribution in [3.8, 4) is 22.8 Å². The molecule has 0 spiro atoms. The van der Waals surface area contributed by atoms with E-state index >= 15 is 0 Å². The lowest BCUT2D eigenvalue weighted by atomic mass is 10.0. The number of methoxy groups -OCH3 is 2. The minimum atomic E-state index is -0.268. The van der Waals surface area contributed by atoms with E-state index in [1.807, 2.05) is 12.1 Å². The van der Waals surface area contributed by atoms with E-state index in [4.69, 9.17) is 9.47 Å². The summed E-state index contributed by atoms with van der Waals surface area (Å²) in [6.07, 6.45) is 3.57. The fourth-order valence-corrected chi connectivity index (χ4v) is 4.02. The molecule has 0 N–H and O–H groups in total. The maximum absolute atomic E-state index is 13.1. The van der Waals surface area contributed by atoms with Crippen LogP contribution >= 0.6 is 15.9 Å². The number of imidazole rings is 1. The van der Waals surface area contributed by atoms with Crippen LogP contribution in [0.4, 0.5) is 10.3 Å². The van der Waals surface area contributed by atoms with E-state index in [1.54, 1.807) is 32.6 Å². The zero-order valence-corrected chi connectivity index (χ0v) is 17.2. The van der Waals surface area contributed by atoms with Gasteiger partial charge in [0.2, 0.25) is 5.95 Å². The van der Waals surface area contributed by atoms with Gasteiger partial charge in [-0.15, -0.1) is 0 Å². The minimum Gasteiger partial charge on any atom is -0.493 e. The molecule has 0 atom stereocenters. The van der Waals surface area contributed by atoms with Crippen molar-refractivity contribution in [1.82, 2.24) is 9.55 Å². The van der Waals surface area contributed by atoms with Gasteiger partial charge < -0.3 is 14.0 Å². The van der Waals surface area contributed by atoms with E-state index in [2.05, 4.69) is 30.5 Å². The highest BCUT2D eigenvalue weighted by molar-refractivity contribution is 9.10. The Kier molecular flexibility index (Phi) is 5.17. The first-order valence-electron chi connectivity index (χ1n) is 8.91. The van der Waals surface area contributed by atoms with Crippen molar-refractivity contribution < 1.29 is 13.9 Å². The molecule has 5 nitrogen and oxygen atoms in total. The number of rotatable bonds is 4. The lowest BCUT2D eigenvalue weighted by Gasteiger charge is -2.13. The van der Waals surface area contributed by atoms with Crippen molar-refractivity contribution in [3.63, 3.8) is 0 Å².